The van der Waals surface area contributed by atoms with E-state index >= 15 is 0 Å². The summed E-state index contributed by atoms with van der Waals surface area (Å²) in [5.41, 5.74) is 0. The molecule has 0 atom stereocenters. The first kappa shape index (κ1) is 29.8. The molecule has 46 valence electrons. The van der Waals surface area contributed by atoms with Gasteiger partial charge in [-0.1, -0.05) is 0 Å². The van der Waals surface area contributed by atoms with E-state index in [-0.39, 0.29) is 28.0 Å². The number of carboxylic acid groups (broad SMARTS) is 2. The molecule has 0 unspecified atom stereocenters. The van der Waals surface area contributed by atoms with E-state index in [1.54, 1.807) is 0 Å². The van der Waals surface area contributed by atoms with Crippen LogP contribution in [0.5, 0.6) is 0 Å². The minimum Gasteiger partial charge on any atom is -0.652 e. The van der Waals surface area contributed by atoms with Crippen LogP contribution in [0.25, 0.3) is 0 Å². The molecule has 0 saturated heterocycles. The maximum absolute atomic E-state index is 8.33. The van der Waals surface area contributed by atoms with Gasteiger partial charge in [-0.3, -0.25) is 0 Å². The standard InChI is InChI=1S/CH2O3.Fe.2H2O/c2-1(3)4;;;/h(H2,2,3,4);;2*1H2/q;+2;;/p-2. The second-order valence-electron chi connectivity index (χ2n) is 0.250. The zero-order chi connectivity index (χ0) is 3.58. The Morgan fingerprint density at radius 2 is 1.14 bits per heavy atom. The third-order valence-electron chi connectivity index (χ3n) is 0. The first-order valence-electron chi connectivity index (χ1n) is 0.612. The fraction of sp³-hybridized carbons (Fsp3) is 0. The smallest absolute Gasteiger partial charge is 0.652 e. The van der Waals surface area contributed by atoms with E-state index in [9.17, 15) is 0 Å². The predicted octanol–water partition coefficient (Wildman–Crippen LogP) is -4.10. The Morgan fingerprint density at radius 1 is 1.14 bits per heavy atom. The number of rotatable bonds is 0. The zero-order valence-electron chi connectivity index (χ0n) is 3.08. The molecule has 5 nitrogen and oxygen atoms in total. The van der Waals surface area contributed by atoms with Gasteiger partial charge < -0.3 is 26.0 Å². The Kier molecular flexibility index (Phi) is 73.4. The van der Waals surface area contributed by atoms with Gasteiger partial charge in [0.1, 0.15) is 0 Å². The second-order valence-corrected chi connectivity index (χ2v) is 0.250. The van der Waals surface area contributed by atoms with Gasteiger partial charge in [-0.25, -0.2) is 0 Å². The van der Waals surface area contributed by atoms with Crippen molar-refractivity contribution < 1.29 is 43.0 Å². The van der Waals surface area contributed by atoms with Gasteiger partial charge in [0.25, 0.3) is 0 Å². The molecule has 0 amide bonds. The van der Waals surface area contributed by atoms with Gasteiger partial charge in [0.05, 0.1) is 0 Å². The Bertz CT molecular complexity index is 31.1. The third kappa shape index (κ3) is 931. The molecule has 0 fully saturated rings. The molecular formula is CH4FeO5. The quantitative estimate of drug-likeness (QED) is 0.327. The van der Waals surface area contributed by atoms with Crippen LogP contribution in [-0.4, -0.2) is 17.1 Å². The van der Waals surface area contributed by atoms with E-state index in [2.05, 4.69) is 0 Å². The molecule has 7 heavy (non-hydrogen) atoms. The maximum atomic E-state index is 8.33. The van der Waals surface area contributed by atoms with Crippen LogP contribution >= 0.6 is 0 Å². The van der Waals surface area contributed by atoms with Crippen molar-refractivity contribution in [1.29, 1.82) is 0 Å². The molecule has 0 heterocycles. The van der Waals surface area contributed by atoms with Crippen molar-refractivity contribution in [1.82, 2.24) is 0 Å². The molecule has 0 bridgehead atoms. The van der Waals surface area contributed by atoms with Crippen LogP contribution in [0, 0.1) is 0 Å². The largest absolute Gasteiger partial charge is 2.00 e. The summed E-state index contributed by atoms with van der Waals surface area (Å²) in [5, 5.41) is 16.7. The molecule has 0 saturated carbocycles. The van der Waals surface area contributed by atoms with Gasteiger partial charge in [-0.2, -0.15) is 0 Å². The van der Waals surface area contributed by atoms with Gasteiger partial charge in [-0.05, 0) is 6.16 Å². The summed E-state index contributed by atoms with van der Waals surface area (Å²) in [6.07, 6.45) is -2.33. The van der Waals surface area contributed by atoms with E-state index in [0.29, 0.717) is 0 Å². The fourth-order valence-corrected chi connectivity index (χ4v) is 0. The molecule has 0 aromatic heterocycles. The average molecular weight is 152 g/mol. The van der Waals surface area contributed by atoms with Crippen LogP contribution in [0.4, 0.5) is 4.79 Å². The number of hydrogen-bond donors (Lipinski definition) is 0. The third-order valence-corrected chi connectivity index (χ3v) is 0. The van der Waals surface area contributed by atoms with E-state index < -0.39 is 6.16 Å². The second kappa shape index (κ2) is 17.2. The first-order valence-corrected chi connectivity index (χ1v) is 0.612. The van der Waals surface area contributed by atoms with Crippen molar-refractivity contribution in [2.45, 2.75) is 0 Å². The Morgan fingerprint density at radius 3 is 1.14 bits per heavy atom. The van der Waals surface area contributed by atoms with Crippen LogP contribution in [0.2, 0.25) is 0 Å². The Hall–Kier alpha value is -0.291. The van der Waals surface area contributed by atoms with Crippen molar-refractivity contribution in [2.24, 2.45) is 0 Å². The summed E-state index contributed by atoms with van der Waals surface area (Å²) in [6.45, 7) is 0. The van der Waals surface area contributed by atoms with Gasteiger partial charge in [0.2, 0.25) is 0 Å². The predicted molar refractivity (Wildman–Crippen MR) is 12.6 cm³/mol. The van der Waals surface area contributed by atoms with E-state index in [1.807, 2.05) is 0 Å². The molecular weight excluding hydrogens is 148 g/mol. The molecule has 0 rings (SSSR count). The summed E-state index contributed by atoms with van der Waals surface area (Å²) in [5.74, 6) is 0. The summed E-state index contributed by atoms with van der Waals surface area (Å²) >= 11 is 0. The maximum Gasteiger partial charge on any atom is 2.00 e. The molecule has 0 aromatic carbocycles. The summed E-state index contributed by atoms with van der Waals surface area (Å²) in [6, 6.07) is 0. The van der Waals surface area contributed by atoms with Crippen LogP contribution in [0.1, 0.15) is 0 Å². The minimum absolute atomic E-state index is 0. The molecule has 4 N–H and O–H groups in total. The number of carbonyl (C=O) groups excluding carboxylic acids is 1. The monoisotopic (exact) mass is 152 g/mol. The number of carbonyl (C=O) groups is 1. The first-order chi connectivity index (χ1) is 1.73. The van der Waals surface area contributed by atoms with Crippen LogP contribution in [0.15, 0.2) is 0 Å². The van der Waals surface area contributed by atoms with Gasteiger partial charge in [-0.15, -0.1) is 0 Å². The van der Waals surface area contributed by atoms with Gasteiger partial charge in [0, 0.05) is 0 Å². The molecule has 0 aromatic rings. The van der Waals surface area contributed by atoms with E-state index in [1.165, 1.54) is 0 Å². The van der Waals surface area contributed by atoms with E-state index in [4.69, 9.17) is 15.0 Å². The van der Waals surface area contributed by atoms with Crippen molar-refractivity contribution in [3.63, 3.8) is 0 Å². The average Bonchev–Trinajstić information content (AvgIpc) is 0.811. The minimum atomic E-state index is -2.33. The van der Waals surface area contributed by atoms with Crippen LogP contribution < -0.4 is 10.2 Å². The van der Waals surface area contributed by atoms with Crippen molar-refractivity contribution in [2.75, 3.05) is 0 Å². The summed E-state index contributed by atoms with van der Waals surface area (Å²) in [4.78, 5) is 8.33. The van der Waals surface area contributed by atoms with Crippen molar-refractivity contribution in [3.05, 3.63) is 0 Å². The van der Waals surface area contributed by atoms with Crippen molar-refractivity contribution in [3.8, 4) is 0 Å². The number of hydrogen-bond acceptors (Lipinski definition) is 3. The van der Waals surface area contributed by atoms with E-state index in [0.717, 1.165) is 0 Å². The van der Waals surface area contributed by atoms with Gasteiger partial charge in [0.15, 0.2) is 0 Å². The fourth-order valence-electron chi connectivity index (χ4n) is 0. The molecule has 0 aliphatic heterocycles. The topological polar surface area (TPSA) is 126 Å². The summed E-state index contributed by atoms with van der Waals surface area (Å²) < 4.78 is 0. The Labute approximate surface area is 50.0 Å². The molecule has 6 heteroatoms. The molecule has 0 spiro atoms. The SMILES string of the molecule is O.O.O=C([O-])[O-].[Fe+2]. The van der Waals surface area contributed by atoms with Crippen LogP contribution in [-0.2, 0) is 17.1 Å². The summed E-state index contributed by atoms with van der Waals surface area (Å²) in [7, 11) is 0. The van der Waals surface area contributed by atoms with Crippen LogP contribution in [0.3, 0.4) is 0 Å². The molecule has 0 radical (unpaired) electrons. The molecule has 0 aliphatic rings. The van der Waals surface area contributed by atoms with Gasteiger partial charge >= 0.3 is 17.1 Å². The van der Waals surface area contributed by atoms with Crippen molar-refractivity contribution >= 4 is 6.16 Å². The Balaban J connectivity index is -0.0000000150. The normalized spacial score (nSPS) is 3.43. The molecule has 0 aliphatic carbocycles. The zero-order valence-corrected chi connectivity index (χ0v) is 4.18.